The summed E-state index contributed by atoms with van der Waals surface area (Å²) in [6.45, 7) is 0. The first-order chi connectivity index (χ1) is 11.2. The first-order valence-corrected chi connectivity index (χ1v) is 7.83. The zero-order valence-corrected chi connectivity index (χ0v) is 13.6. The van der Waals surface area contributed by atoms with Crippen molar-refractivity contribution in [1.82, 2.24) is 4.98 Å². The maximum Gasteiger partial charge on any atom is 0.214 e. The molecule has 116 valence electrons. The highest BCUT2D eigenvalue weighted by Gasteiger charge is 2.09. The van der Waals surface area contributed by atoms with E-state index in [2.05, 4.69) is 4.98 Å². The Morgan fingerprint density at radius 3 is 2.70 bits per heavy atom. The number of nitrogens with zero attached hydrogens (tertiary/aromatic N) is 1. The van der Waals surface area contributed by atoms with Crippen LogP contribution in [0.3, 0.4) is 0 Å². The number of fused-ring (bicyclic) bond motifs is 1. The zero-order chi connectivity index (χ0) is 16.2. The summed E-state index contributed by atoms with van der Waals surface area (Å²) in [5, 5.41) is 0.481. The lowest BCUT2D eigenvalue weighted by molar-refractivity contribution is 0.104. The summed E-state index contributed by atoms with van der Waals surface area (Å²) < 4.78 is 11.5. The van der Waals surface area contributed by atoms with Gasteiger partial charge in [0.1, 0.15) is 11.5 Å². The van der Waals surface area contributed by atoms with E-state index in [0.29, 0.717) is 16.5 Å². The molecule has 4 nitrogen and oxygen atoms in total. The van der Waals surface area contributed by atoms with E-state index >= 15 is 0 Å². The maximum absolute atomic E-state index is 12.3. The van der Waals surface area contributed by atoms with Crippen LogP contribution < -0.4 is 9.47 Å². The SMILES string of the molecule is COc1ccc(/C=C/C(=O)c2nc3ccccc3s2)c(OC)c1. The van der Waals surface area contributed by atoms with Crippen LogP contribution in [0.5, 0.6) is 11.5 Å². The first kappa shape index (κ1) is 15.2. The van der Waals surface area contributed by atoms with Crippen molar-refractivity contribution in [1.29, 1.82) is 0 Å². The number of allylic oxidation sites excluding steroid dienone is 1. The highest BCUT2D eigenvalue weighted by Crippen LogP contribution is 2.26. The Kier molecular flexibility index (Phi) is 4.39. The molecule has 23 heavy (non-hydrogen) atoms. The van der Waals surface area contributed by atoms with Gasteiger partial charge in [-0.1, -0.05) is 12.1 Å². The summed E-state index contributed by atoms with van der Waals surface area (Å²) in [6, 6.07) is 13.2. The summed E-state index contributed by atoms with van der Waals surface area (Å²) in [6.07, 6.45) is 3.24. The first-order valence-electron chi connectivity index (χ1n) is 7.01. The Labute approximate surface area is 138 Å². The third kappa shape index (κ3) is 3.24. The predicted molar refractivity (Wildman–Crippen MR) is 92.5 cm³/mol. The van der Waals surface area contributed by atoms with Crippen molar-refractivity contribution in [2.75, 3.05) is 14.2 Å². The molecule has 0 aliphatic heterocycles. The third-order valence-corrected chi connectivity index (χ3v) is 4.41. The molecule has 0 fully saturated rings. The zero-order valence-electron chi connectivity index (χ0n) is 12.8. The quantitative estimate of drug-likeness (QED) is 0.521. The van der Waals surface area contributed by atoms with Crippen LogP contribution in [-0.2, 0) is 0 Å². The minimum Gasteiger partial charge on any atom is -0.497 e. The molecule has 0 unspecified atom stereocenters. The van der Waals surface area contributed by atoms with Gasteiger partial charge in [0, 0.05) is 11.6 Å². The molecule has 0 saturated carbocycles. The van der Waals surface area contributed by atoms with Gasteiger partial charge in [-0.25, -0.2) is 4.98 Å². The lowest BCUT2D eigenvalue weighted by Crippen LogP contribution is -1.93. The Bertz CT molecular complexity index is 850. The van der Waals surface area contributed by atoms with E-state index in [1.807, 2.05) is 36.4 Å². The van der Waals surface area contributed by atoms with E-state index < -0.39 is 0 Å². The molecule has 5 heteroatoms. The van der Waals surface area contributed by atoms with Gasteiger partial charge in [0.05, 0.1) is 24.4 Å². The summed E-state index contributed by atoms with van der Waals surface area (Å²) in [7, 11) is 3.18. The van der Waals surface area contributed by atoms with Crippen molar-refractivity contribution in [3.05, 3.63) is 59.1 Å². The van der Waals surface area contributed by atoms with Crippen molar-refractivity contribution in [2.45, 2.75) is 0 Å². The molecule has 0 radical (unpaired) electrons. The fourth-order valence-corrected chi connectivity index (χ4v) is 3.06. The van der Waals surface area contributed by atoms with Crippen molar-refractivity contribution in [3.63, 3.8) is 0 Å². The molecule has 0 amide bonds. The van der Waals surface area contributed by atoms with Crippen LogP contribution in [0.15, 0.2) is 48.5 Å². The van der Waals surface area contributed by atoms with Gasteiger partial charge < -0.3 is 9.47 Å². The third-order valence-electron chi connectivity index (χ3n) is 3.36. The molecule has 0 atom stereocenters. The molecule has 3 aromatic rings. The number of benzene rings is 2. The second kappa shape index (κ2) is 6.62. The molecule has 0 N–H and O–H groups in total. The number of ether oxygens (including phenoxy) is 2. The molecule has 0 bridgehead atoms. The fraction of sp³-hybridized carbons (Fsp3) is 0.111. The van der Waals surface area contributed by atoms with Crippen LogP contribution in [0.1, 0.15) is 15.4 Å². The fourth-order valence-electron chi connectivity index (χ4n) is 2.17. The molecule has 2 aromatic carbocycles. The molecule has 0 aliphatic rings. The average Bonchev–Trinajstić information content (AvgIpc) is 3.03. The molecule has 0 saturated heterocycles. The van der Waals surface area contributed by atoms with Crippen molar-refractivity contribution in [3.8, 4) is 11.5 Å². The Morgan fingerprint density at radius 1 is 1.13 bits per heavy atom. The van der Waals surface area contributed by atoms with Crippen molar-refractivity contribution >= 4 is 33.4 Å². The van der Waals surface area contributed by atoms with Gasteiger partial charge in [-0.15, -0.1) is 11.3 Å². The normalized spacial score (nSPS) is 11.0. The van der Waals surface area contributed by atoms with Gasteiger partial charge in [-0.2, -0.15) is 0 Å². The maximum atomic E-state index is 12.3. The largest absolute Gasteiger partial charge is 0.497 e. The second-order valence-corrected chi connectivity index (χ2v) is 5.82. The summed E-state index contributed by atoms with van der Waals surface area (Å²) in [5.41, 5.74) is 1.65. The molecule has 0 aliphatic carbocycles. The number of thiazole rings is 1. The van der Waals surface area contributed by atoms with Crippen LogP contribution in [0.2, 0.25) is 0 Å². The van der Waals surface area contributed by atoms with Crippen LogP contribution in [0.25, 0.3) is 16.3 Å². The van der Waals surface area contributed by atoms with Gasteiger partial charge >= 0.3 is 0 Å². The van der Waals surface area contributed by atoms with E-state index in [1.165, 1.54) is 17.4 Å². The Hall–Kier alpha value is -2.66. The van der Waals surface area contributed by atoms with Crippen LogP contribution in [0.4, 0.5) is 0 Å². The number of hydrogen-bond acceptors (Lipinski definition) is 5. The van der Waals surface area contributed by atoms with Crippen molar-refractivity contribution in [2.24, 2.45) is 0 Å². The van der Waals surface area contributed by atoms with Gasteiger partial charge in [0.15, 0.2) is 5.01 Å². The standard InChI is InChI=1S/C18H15NO3S/c1-21-13-9-7-12(16(11-13)22-2)8-10-15(20)18-19-14-5-3-4-6-17(14)23-18/h3-11H,1-2H3/b10-8+. The van der Waals surface area contributed by atoms with Gasteiger partial charge in [-0.05, 0) is 36.4 Å². The summed E-state index contributed by atoms with van der Waals surface area (Å²) in [4.78, 5) is 16.7. The second-order valence-electron chi connectivity index (χ2n) is 4.79. The molecule has 1 aromatic heterocycles. The number of aromatic nitrogens is 1. The van der Waals surface area contributed by atoms with E-state index in [9.17, 15) is 4.79 Å². The molecular formula is C18H15NO3S. The molecule has 0 spiro atoms. The smallest absolute Gasteiger partial charge is 0.214 e. The number of ketones is 1. The number of carbonyl (C=O) groups excluding carboxylic acids is 1. The van der Waals surface area contributed by atoms with Gasteiger partial charge in [0.2, 0.25) is 5.78 Å². The minimum absolute atomic E-state index is 0.121. The Balaban J connectivity index is 1.85. The van der Waals surface area contributed by atoms with Gasteiger partial charge in [-0.3, -0.25) is 4.79 Å². The number of carbonyl (C=O) groups is 1. The van der Waals surface area contributed by atoms with E-state index in [1.54, 1.807) is 26.4 Å². The molecule has 3 rings (SSSR count). The van der Waals surface area contributed by atoms with Crippen LogP contribution in [0, 0.1) is 0 Å². The lowest BCUT2D eigenvalue weighted by Gasteiger charge is -2.06. The van der Waals surface area contributed by atoms with Crippen molar-refractivity contribution < 1.29 is 14.3 Å². The summed E-state index contributed by atoms with van der Waals surface area (Å²) >= 11 is 1.39. The number of para-hydroxylation sites is 1. The minimum atomic E-state index is -0.121. The van der Waals surface area contributed by atoms with Crippen LogP contribution >= 0.6 is 11.3 Å². The monoisotopic (exact) mass is 325 g/mol. The topological polar surface area (TPSA) is 48.4 Å². The average molecular weight is 325 g/mol. The van der Waals surface area contributed by atoms with E-state index in [-0.39, 0.29) is 5.78 Å². The Morgan fingerprint density at radius 2 is 1.96 bits per heavy atom. The van der Waals surface area contributed by atoms with E-state index in [4.69, 9.17) is 9.47 Å². The highest BCUT2D eigenvalue weighted by molar-refractivity contribution is 7.20. The van der Waals surface area contributed by atoms with Crippen LogP contribution in [-0.4, -0.2) is 25.0 Å². The van der Waals surface area contributed by atoms with E-state index in [0.717, 1.165) is 15.8 Å². The molecule has 1 heterocycles. The summed E-state index contributed by atoms with van der Waals surface area (Å²) in [5.74, 6) is 1.23. The predicted octanol–water partition coefficient (Wildman–Crippen LogP) is 4.21. The highest BCUT2D eigenvalue weighted by atomic mass is 32.1. The van der Waals surface area contributed by atoms with Gasteiger partial charge in [0.25, 0.3) is 0 Å². The number of methoxy groups -OCH3 is 2. The molecular weight excluding hydrogens is 310 g/mol. The number of rotatable bonds is 5. The lowest BCUT2D eigenvalue weighted by atomic mass is 10.1. The number of hydrogen-bond donors (Lipinski definition) is 0.